The van der Waals surface area contributed by atoms with Crippen LogP contribution in [0.1, 0.15) is 42.7 Å². The second-order valence-electron chi connectivity index (χ2n) is 14.6. The molecule has 0 amide bonds. The van der Waals surface area contributed by atoms with Gasteiger partial charge >= 0.3 is 0 Å². The number of furan rings is 1. The van der Waals surface area contributed by atoms with E-state index in [9.17, 15) is 0 Å². The van der Waals surface area contributed by atoms with E-state index in [0.29, 0.717) is 0 Å². The Labute approximate surface area is 311 Å². The van der Waals surface area contributed by atoms with Gasteiger partial charge in [-0.2, -0.15) is 0 Å². The lowest BCUT2D eigenvalue weighted by Crippen LogP contribution is -2.18. The molecule has 0 N–H and O–H groups in total. The van der Waals surface area contributed by atoms with Gasteiger partial charge in [0.05, 0.1) is 11.4 Å². The average molecular weight is 682 g/mol. The Morgan fingerprint density at radius 1 is 0.528 bits per heavy atom. The highest BCUT2D eigenvalue weighted by Crippen LogP contribution is 2.44. The van der Waals surface area contributed by atoms with Crippen LogP contribution in [-0.4, -0.2) is 4.98 Å². The van der Waals surface area contributed by atoms with Crippen molar-refractivity contribution in [3.63, 3.8) is 0 Å². The molecule has 0 atom stereocenters. The van der Waals surface area contributed by atoms with E-state index >= 15 is 0 Å². The molecule has 2 nitrogen and oxygen atoms in total. The summed E-state index contributed by atoms with van der Waals surface area (Å²) in [4.78, 5) is 5.11. The molecule has 0 aliphatic heterocycles. The quantitative estimate of drug-likeness (QED) is 0.181. The number of para-hydroxylation sites is 1. The van der Waals surface area contributed by atoms with Crippen molar-refractivity contribution in [2.24, 2.45) is 0 Å². The zero-order valence-electron chi connectivity index (χ0n) is 30.0. The highest BCUT2D eigenvalue weighted by molar-refractivity contribution is 5.97. The summed E-state index contributed by atoms with van der Waals surface area (Å²) in [5.74, 6) is 0.835. The first-order valence-corrected chi connectivity index (χ1v) is 18.3. The van der Waals surface area contributed by atoms with Gasteiger partial charge in [-0.1, -0.05) is 166 Å². The van der Waals surface area contributed by atoms with E-state index in [0.717, 1.165) is 84.6 Å². The molecule has 53 heavy (non-hydrogen) atoms. The summed E-state index contributed by atoms with van der Waals surface area (Å²) in [7, 11) is 0. The third kappa shape index (κ3) is 6.03. The topological polar surface area (TPSA) is 26.0 Å². The molecule has 0 unspecified atom stereocenters. The van der Waals surface area contributed by atoms with Gasteiger partial charge in [0.25, 0.3) is 0 Å². The molecule has 2 heteroatoms. The summed E-state index contributed by atoms with van der Waals surface area (Å²) in [5.41, 5.74) is 16.2. The number of hydrogen-bond donors (Lipinski definition) is 0. The summed E-state index contributed by atoms with van der Waals surface area (Å²) < 4.78 is 6.53. The van der Waals surface area contributed by atoms with Crippen LogP contribution < -0.4 is 0 Å². The van der Waals surface area contributed by atoms with E-state index in [2.05, 4.69) is 172 Å². The SMILES string of the molecule is C=C1c2cc(-c3ccccc3-c3cccc(-c4cc(-c5ccccc5)nc(-c5ccccc5)c4)c3)ccc2C(C)(C)C/C=C\c2c1oc1ccccc21. The number of rotatable bonds is 5. The Kier molecular flexibility index (Phi) is 8.09. The molecule has 254 valence electrons. The van der Waals surface area contributed by atoms with Crippen molar-refractivity contribution in [3.8, 4) is 55.9 Å². The van der Waals surface area contributed by atoms with Crippen LogP contribution in [0.15, 0.2) is 181 Å². The van der Waals surface area contributed by atoms with Crippen LogP contribution in [0.4, 0.5) is 0 Å². The minimum Gasteiger partial charge on any atom is -0.455 e. The normalized spacial score (nSPS) is 14.1. The number of pyridine rings is 1. The number of aromatic nitrogens is 1. The highest BCUT2D eigenvalue weighted by atomic mass is 16.3. The van der Waals surface area contributed by atoms with Crippen molar-refractivity contribution in [1.82, 2.24) is 4.98 Å². The molecule has 0 fully saturated rings. The van der Waals surface area contributed by atoms with E-state index in [4.69, 9.17) is 9.40 Å². The fourth-order valence-corrected chi connectivity index (χ4v) is 7.77. The zero-order valence-corrected chi connectivity index (χ0v) is 30.0. The fraction of sp³-hybridized carbons (Fsp3) is 0.0784. The van der Waals surface area contributed by atoms with Crippen LogP contribution in [0.25, 0.3) is 78.5 Å². The van der Waals surface area contributed by atoms with Gasteiger partial charge in [0, 0.05) is 27.6 Å². The maximum absolute atomic E-state index is 6.53. The summed E-state index contributed by atoms with van der Waals surface area (Å²) in [5, 5.41) is 1.11. The van der Waals surface area contributed by atoms with Crippen molar-refractivity contribution in [2.45, 2.75) is 25.7 Å². The number of allylic oxidation sites excluding steroid dienone is 1. The van der Waals surface area contributed by atoms with Crippen LogP contribution in [0.3, 0.4) is 0 Å². The Morgan fingerprint density at radius 3 is 1.81 bits per heavy atom. The van der Waals surface area contributed by atoms with E-state index < -0.39 is 0 Å². The summed E-state index contributed by atoms with van der Waals surface area (Å²) in [6, 6.07) is 58.1. The molecule has 2 heterocycles. The molecule has 0 spiro atoms. The van der Waals surface area contributed by atoms with Crippen LogP contribution in [0.5, 0.6) is 0 Å². The first-order valence-electron chi connectivity index (χ1n) is 18.3. The molecule has 0 saturated heterocycles. The molecule has 8 aromatic rings. The lowest BCUT2D eigenvalue weighted by molar-refractivity contribution is 0.533. The lowest BCUT2D eigenvalue weighted by Gasteiger charge is -2.27. The fourth-order valence-electron chi connectivity index (χ4n) is 7.77. The van der Waals surface area contributed by atoms with Gasteiger partial charge in [-0.25, -0.2) is 4.98 Å². The molecular formula is C51H39NO. The Hall–Kier alpha value is -6.51. The summed E-state index contributed by atoms with van der Waals surface area (Å²) in [6.45, 7) is 9.32. The van der Waals surface area contributed by atoms with Crippen molar-refractivity contribution in [3.05, 3.63) is 199 Å². The predicted octanol–water partition coefficient (Wildman–Crippen LogP) is 13.9. The van der Waals surface area contributed by atoms with E-state index in [-0.39, 0.29) is 5.41 Å². The molecule has 6 aromatic carbocycles. The van der Waals surface area contributed by atoms with Crippen molar-refractivity contribution < 1.29 is 4.42 Å². The van der Waals surface area contributed by atoms with Gasteiger partial charge in [-0.05, 0) is 86.7 Å². The van der Waals surface area contributed by atoms with Crippen LogP contribution in [0.2, 0.25) is 0 Å². The molecule has 0 bridgehead atoms. The van der Waals surface area contributed by atoms with Gasteiger partial charge in [-0.3, -0.25) is 0 Å². The molecule has 1 aliphatic rings. The van der Waals surface area contributed by atoms with E-state index in [1.807, 2.05) is 24.3 Å². The number of nitrogens with zero attached hydrogens (tertiary/aromatic N) is 1. The van der Waals surface area contributed by atoms with Crippen LogP contribution >= 0.6 is 0 Å². The van der Waals surface area contributed by atoms with Crippen LogP contribution in [-0.2, 0) is 5.41 Å². The maximum Gasteiger partial charge on any atom is 0.142 e. The molecule has 0 radical (unpaired) electrons. The number of fused-ring (bicyclic) bond motifs is 4. The van der Waals surface area contributed by atoms with E-state index in [1.165, 1.54) is 16.7 Å². The molecule has 1 aliphatic carbocycles. The third-order valence-electron chi connectivity index (χ3n) is 10.6. The largest absolute Gasteiger partial charge is 0.455 e. The van der Waals surface area contributed by atoms with Crippen molar-refractivity contribution in [2.75, 3.05) is 0 Å². The third-order valence-corrected chi connectivity index (χ3v) is 10.6. The second kappa shape index (κ2) is 13.2. The van der Waals surface area contributed by atoms with E-state index in [1.54, 1.807) is 0 Å². The smallest absolute Gasteiger partial charge is 0.142 e. The minimum absolute atomic E-state index is 0.0951. The second-order valence-corrected chi connectivity index (χ2v) is 14.6. The monoisotopic (exact) mass is 681 g/mol. The Bertz CT molecular complexity index is 2620. The summed E-state index contributed by atoms with van der Waals surface area (Å²) >= 11 is 0. The van der Waals surface area contributed by atoms with Gasteiger partial charge in [0.15, 0.2) is 0 Å². The van der Waals surface area contributed by atoms with Gasteiger partial charge in [-0.15, -0.1) is 0 Å². The van der Waals surface area contributed by atoms with Gasteiger partial charge in [0.1, 0.15) is 11.3 Å². The molecular weight excluding hydrogens is 643 g/mol. The predicted molar refractivity (Wildman–Crippen MR) is 222 cm³/mol. The average Bonchev–Trinajstić information content (AvgIpc) is 3.60. The zero-order chi connectivity index (χ0) is 35.9. The molecule has 0 saturated carbocycles. The Balaban J connectivity index is 1.16. The minimum atomic E-state index is -0.0951. The first kappa shape index (κ1) is 32.4. The van der Waals surface area contributed by atoms with Crippen molar-refractivity contribution in [1.29, 1.82) is 0 Å². The highest BCUT2D eigenvalue weighted by Gasteiger charge is 2.28. The maximum atomic E-state index is 6.53. The van der Waals surface area contributed by atoms with Crippen LogP contribution in [0, 0.1) is 0 Å². The van der Waals surface area contributed by atoms with Crippen molar-refractivity contribution >= 4 is 22.6 Å². The first-order chi connectivity index (χ1) is 25.9. The number of hydrogen-bond acceptors (Lipinski definition) is 2. The standard InChI is InChI=1S/C51H39NO/c1-34-45-31-39(27-28-46(45)51(2,3)29-15-25-44-43-24-12-13-26-49(43)53-50(34)44)42-23-11-10-22-41(42)38-21-14-20-37(30-38)40-32-47(35-16-6-4-7-17-35)52-48(33-40)36-18-8-5-9-19-36/h4-28,30-33H,1,29H2,2-3H3/b25-15-. The van der Waals surface area contributed by atoms with Gasteiger partial charge in [0.2, 0.25) is 0 Å². The summed E-state index contributed by atoms with van der Waals surface area (Å²) in [6.07, 6.45) is 5.41. The van der Waals surface area contributed by atoms with Gasteiger partial charge < -0.3 is 4.42 Å². The molecule has 9 rings (SSSR count). The Morgan fingerprint density at radius 2 is 1.11 bits per heavy atom. The number of benzene rings is 6. The lowest BCUT2D eigenvalue weighted by atomic mass is 9.77. The molecule has 2 aromatic heterocycles.